The average Bonchev–Trinajstić information content (AvgIpc) is 2.93. The lowest BCUT2D eigenvalue weighted by atomic mass is 10.1. The van der Waals surface area contributed by atoms with Gasteiger partial charge in [-0.15, -0.1) is 0 Å². The molecule has 1 unspecified atom stereocenters. The number of azide groups is 1. The van der Waals surface area contributed by atoms with Crippen molar-refractivity contribution in [1.29, 1.82) is 0 Å². The van der Waals surface area contributed by atoms with Crippen molar-refractivity contribution in [3.8, 4) is 0 Å². The van der Waals surface area contributed by atoms with Crippen molar-refractivity contribution < 1.29 is 4.79 Å². The summed E-state index contributed by atoms with van der Waals surface area (Å²) in [7, 11) is 0. The Morgan fingerprint density at radius 2 is 2.59 bits per heavy atom. The number of carbonyl (C=O) groups is 1. The number of carbonyl (C=O) groups excluding carboxylic acids is 1. The number of amides is 1. The minimum Gasteiger partial charge on any atom is -0.342 e. The van der Waals surface area contributed by atoms with Crippen LogP contribution in [0.2, 0.25) is 0 Å². The zero-order valence-corrected chi connectivity index (χ0v) is 9.41. The van der Waals surface area contributed by atoms with Gasteiger partial charge in [-0.05, 0) is 17.5 Å². The van der Waals surface area contributed by atoms with Gasteiger partial charge in [0.2, 0.25) is 5.91 Å². The van der Waals surface area contributed by atoms with Crippen molar-refractivity contribution in [2.24, 2.45) is 11.0 Å². The van der Waals surface area contributed by atoms with Crippen LogP contribution >= 0.6 is 0 Å². The zero-order chi connectivity index (χ0) is 12.1. The molecule has 2 rings (SSSR count). The molecule has 1 saturated heterocycles. The SMILES string of the molecule is [N-]=[N+]=NCC1CC(=O)N(CCc2ccn[nH]2)C1. The van der Waals surface area contributed by atoms with Crippen molar-refractivity contribution in [1.82, 2.24) is 15.1 Å². The lowest BCUT2D eigenvalue weighted by Gasteiger charge is -2.15. The van der Waals surface area contributed by atoms with E-state index in [4.69, 9.17) is 5.53 Å². The molecule has 0 aromatic carbocycles. The van der Waals surface area contributed by atoms with E-state index in [-0.39, 0.29) is 11.8 Å². The molecule has 90 valence electrons. The summed E-state index contributed by atoms with van der Waals surface area (Å²) in [5, 5.41) is 10.2. The number of rotatable bonds is 5. The molecule has 1 aromatic rings. The summed E-state index contributed by atoms with van der Waals surface area (Å²) in [4.78, 5) is 16.2. The fourth-order valence-corrected chi connectivity index (χ4v) is 2.02. The molecule has 0 spiro atoms. The second-order valence-corrected chi connectivity index (χ2v) is 4.16. The number of aromatic nitrogens is 2. The van der Waals surface area contributed by atoms with Gasteiger partial charge < -0.3 is 4.90 Å². The maximum Gasteiger partial charge on any atom is 0.222 e. The number of nitrogens with zero attached hydrogens (tertiary/aromatic N) is 5. The van der Waals surface area contributed by atoms with Crippen molar-refractivity contribution in [2.45, 2.75) is 12.8 Å². The van der Waals surface area contributed by atoms with Gasteiger partial charge in [-0.1, -0.05) is 5.11 Å². The third-order valence-corrected chi connectivity index (χ3v) is 2.91. The standard InChI is InChI=1S/C10H14N6O/c11-15-13-6-8-5-10(17)16(7-8)4-2-9-1-3-12-14-9/h1,3,8H,2,4-7H2,(H,12,14). The summed E-state index contributed by atoms with van der Waals surface area (Å²) in [6.45, 7) is 1.78. The summed E-state index contributed by atoms with van der Waals surface area (Å²) in [6, 6.07) is 1.90. The number of H-pyrrole nitrogens is 1. The molecule has 1 N–H and O–H groups in total. The topological polar surface area (TPSA) is 97.8 Å². The zero-order valence-electron chi connectivity index (χ0n) is 9.41. The third kappa shape index (κ3) is 2.98. The minimum atomic E-state index is 0.141. The molecule has 1 atom stereocenters. The lowest BCUT2D eigenvalue weighted by Crippen LogP contribution is -2.27. The van der Waals surface area contributed by atoms with Crippen LogP contribution in [0.3, 0.4) is 0 Å². The van der Waals surface area contributed by atoms with Gasteiger partial charge in [0.25, 0.3) is 0 Å². The molecule has 0 radical (unpaired) electrons. The van der Waals surface area contributed by atoms with Crippen LogP contribution in [0.4, 0.5) is 0 Å². The van der Waals surface area contributed by atoms with Crippen LogP contribution < -0.4 is 0 Å². The van der Waals surface area contributed by atoms with Crippen molar-refractivity contribution >= 4 is 5.91 Å². The Labute approximate surface area is 98.4 Å². The van der Waals surface area contributed by atoms with Gasteiger partial charge in [0, 0.05) is 49.3 Å². The highest BCUT2D eigenvalue weighted by Gasteiger charge is 2.28. The smallest absolute Gasteiger partial charge is 0.222 e. The first-order valence-corrected chi connectivity index (χ1v) is 5.56. The van der Waals surface area contributed by atoms with Gasteiger partial charge in [0.1, 0.15) is 0 Å². The van der Waals surface area contributed by atoms with E-state index in [0.717, 1.165) is 12.1 Å². The van der Waals surface area contributed by atoms with Crippen molar-refractivity contribution in [3.63, 3.8) is 0 Å². The number of hydrogen-bond donors (Lipinski definition) is 1. The van der Waals surface area contributed by atoms with Gasteiger partial charge >= 0.3 is 0 Å². The van der Waals surface area contributed by atoms with E-state index in [0.29, 0.717) is 26.1 Å². The monoisotopic (exact) mass is 234 g/mol. The summed E-state index contributed by atoms with van der Waals surface area (Å²) < 4.78 is 0. The van der Waals surface area contributed by atoms with Crippen LogP contribution in [0.5, 0.6) is 0 Å². The van der Waals surface area contributed by atoms with E-state index in [1.807, 2.05) is 11.0 Å². The van der Waals surface area contributed by atoms with Gasteiger partial charge in [-0.25, -0.2) is 0 Å². The molecule has 1 amide bonds. The normalized spacial score (nSPS) is 19.4. The molecular formula is C10H14N6O. The maximum atomic E-state index is 11.7. The van der Waals surface area contributed by atoms with Gasteiger partial charge in [0.15, 0.2) is 0 Å². The largest absolute Gasteiger partial charge is 0.342 e. The Morgan fingerprint density at radius 3 is 3.29 bits per heavy atom. The number of likely N-dealkylation sites (tertiary alicyclic amines) is 1. The van der Waals surface area contributed by atoms with Gasteiger partial charge in [-0.2, -0.15) is 5.10 Å². The summed E-state index contributed by atoms with van der Waals surface area (Å²) >= 11 is 0. The van der Waals surface area contributed by atoms with E-state index in [2.05, 4.69) is 20.2 Å². The highest BCUT2D eigenvalue weighted by Crippen LogP contribution is 2.18. The Bertz CT molecular complexity index is 422. The molecule has 17 heavy (non-hydrogen) atoms. The van der Waals surface area contributed by atoms with Crippen LogP contribution in [-0.2, 0) is 11.2 Å². The van der Waals surface area contributed by atoms with E-state index >= 15 is 0 Å². The Hall–Kier alpha value is -2.01. The molecule has 1 aliphatic heterocycles. The molecule has 7 heteroatoms. The van der Waals surface area contributed by atoms with Gasteiger partial charge in [0.05, 0.1) is 0 Å². The van der Waals surface area contributed by atoms with Gasteiger partial charge in [-0.3, -0.25) is 9.89 Å². The molecule has 1 aromatic heterocycles. The van der Waals surface area contributed by atoms with E-state index in [1.54, 1.807) is 6.20 Å². The number of aromatic amines is 1. The fraction of sp³-hybridized carbons (Fsp3) is 0.600. The quantitative estimate of drug-likeness (QED) is 0.469. The number of nitrogens with one attached hydrogen (secondary N) is 1. The summed E-state index contributed by atoms with van der Waals surface area (Å²) in [5.74, 6) is 0.308. The molecule has 1 fully saturated rings. The summed E-state index contributed by atoms with van der Waals surface area (Å²) in [6.07, 6.45) is 2.97. The first-order valence-electron chi connectivity index (χ1n) is 5.56. The Morgan fingerprint density at radius 1 is 1.71 bits per heavy atom. The van der Waals surface area contributed by atoms with Crippen LogP contribution in [-0.4, -0.2) is 40.6 Å². The number of hydrogen-bond acceptors (Lipinski definition) is 3. The van der Waals surface area contributed by atoms with Crippen molar-refractivity contribution in [3.05, 3.63) is 28.4 Å². The molecule has 7 nitrogen and oxygen atoms in total. The first-order chi connectivity index (χ1) is 8.29. The van der Waals surface area contributed by atoms with Crippen LogP contribution in [0.15, 0.2) is 17.4 Å². The van der Waals surface area contributed by atoms with Crippen LogP contribution in [0, 0.1) is 5.92 Å². The Balaban J connectivity index is 1.81. The molecule has 2 heterocycles. The second-order valence-electron chi connectivity index (χ2n) is 4.16. The molecule has 0 saturated carbocycles. The highest BCUT2D eigenvalue weighted by molar-refractivity contribution is 5.78. The predicted octanol–water partition coefficient (Wildman–Crippen LogP) is 1.11. The predicted molar refractivity (Wildman–Crippen MR) is 61.0 cm³/mol. The van der Waals surface area contributed by atoms with E-state index in [1.165, 1.54) is 0 Å². The molecular weight excluding hydrogens is 220 g/mol. The minimum absolute atomic E-state index is 0.141. The van der Waals surface area contributed by atoms with E-state index < -0.39 is 0 Å². The first kappa shape index (κ1) is 11.5. The second kappa shape index (κ2) is 5.36. The summed E-state index contributed by atoms with van der Waals surface area (Å²) in [5.41, 5.74) is 9.26. The molecule has 1 aliphatic rings. The maximum absolute atomic E-state index is 11.7. The third-order valence-electron chi connectivity index (χ3n) is 2.91. The Kier molecular flexibility index (Phi) is 3.62. The van der Waals surface area contributed by atoms with E-state index in [9.17, 15) is 4.79 Å². The lowest BCUT2D eigenvalue weighted by molar-refractivity contribution is -0.127. The molecule has 0 bridgehead atoms. The molecule has 0 aliphatic carbocycles. The van der Waals surface area contributed by atoms with Crippen LogP contribution in [0.25, 0.3) is 10.4 Å². The highest BCUT2D eigenvalue weighted by atomic mass is 16.2. The van der Waals surface area contributed by atoms with Crippen LogP contribution in [0.1, 0.15) is 12.1 Å². The van der Waals surface area contributed by atoms with Crippen molar-refractivity contribution in [2.75, 3.05) is 19.6 Å². The fourth-order valence-electron chi connectivity index (χ4n) is 2.02. The average molecular weight is 234 g/mol.